The Labute approximate surface area is 259 Å². The van der Waals surface area contributed by atoms with Crippen LogP contribution in [0.25, 0.3) is 0 Å². The van der Waals surface area contributed by atoms with Crippen molar-refractivity contribution in [1.82, 2.24) is 0 Å². The molecule has 8 heteroatoms. The van der Waals surface area contributed by atoms with E-state index in [2.05, 4.69) is 0 Å². The Kier molecular flexibility index (Phi) is 5.70. The normalized spacial score (nSPS) is 55.4. The molecule has 0 aromatic heterocycles. The Balaban J connectivity index is 0.870. The average Bonchev–Trinajstić information content (AvgIpc) is 3.36. The highest BCUT2D eigenvalue weighted by atomic mass is 16.8. The summed E-state index contributed by atoms with van der Waals surface area (Å²) in [5.41, 5.74) is -1.08. The molecule has 13 fully saturated rings. The van der Waals surface area contributed by atoms with E-state index in [4.69, 9.17) is 18.9 Å². The van der Waals surface area contributed by atoms with E-state index in [9.17, 15) is 19.2 Å². The summed E-state index contributed by atoms with van der Waals surface area (Å²) in [4.78, 5) is 53.1. The van der Waals surface area contributed by atoms with E-state index in [1.165, 1.54) is 6.42 Å². The zero-order valence-electron chi connectivity index (χ0n) is 25.7. The molecule has 6 atom stereocenters. The lowest BCUT2D eigenvalue weighted by Gasteiger charge is -2.58. The molecule has 8 nitrogen and oxygen atoms in total. The van der Waals surface area contributed by atoms with Crippen LogP contribution < -0.4 is 0 Å². The van der Waals surface area contributed by atoms with Gasteiger partial charge in [-0.2, -0.15) is 0 Å². The molecule has 6 unspecified atom stereocenters. The third-order valence-electron chi connectivity index (χ3n) is 15.0. The molecule has 1 heterocycles. The Hall–Kier alpha value is -1.80. The van der Waals surface area contributed by atoms with Gasteiger partial charge >= 0.3 is 11.9 Å². The number of hydrogen-bond acceptors (Lipinski definition) is 8. The largest absolute Gasteiger partial charge is 0.462 e. The summed E-state index contributed by atoms with van der Waals surface area (Å²) in [7, 11) is 0. The van der Waals surface area contributed by atoms with Crippen LogP contribution in [0.4, 0.5) is 0 Å². The first kappa shape index (κ1) is 27.3. The van der Waals surface area contributed by atoms with E-state index in [0.717, 1.165) is 76.0 Å². The van der Waals surface area contributed by atoms with E-state index < -0.39 is 28.8 Å². The van der Waals surface area contributed by atoms with Crippen molar-refractivity contribution < 1.29 is 38.1 Å². The van der Waals surface area contributed by atoms with E-state index in [0.29, 0.717) is 60.9 Å². The summed E-state index contributed by atoms with van der Waals surface area (Å²) in [6.45, 7) is 0.188. The number of carbonyl (C=O) groups excluding carboxylic acids is 4. The highest BCUT2D eigenvalue weighted by molar-refractivity contribution is 5.90. The fraction of sp³-hybridized carbons (Fsp3) is 0.889. The smallest absolute Gasteiger partial charge is 0.312 e. The lowest BCUT2D eigenvalue weighted by atomic mass is 9.49. The lowest BCUT2D eigenvalue weighted by Crippen LogP contribution is -2.58. The minimum atomic E-state index is -0.679. The number of carbonyl (C=O) groups is 4. The molecule has 1 spiro atoms. The maximum absolute atomic E-state index is 13.8. The molecule has 0 radical (unpaired) electrons. The van der Waals surface area contributed by atoms with Gasteiger partial charge in [0.25, 0.3) is 0 Å². The number of Topliss-reactive ketones (excluding diaryl/α,β-unsaturated/α-hetero) is 2. The molecule has 12 saturated carbocycles. The Bertz CT molecular complexity index is 1170. The molecule has 238 valence electrons. The van der Waals surface area contributed by atoms with Gasteiger partial charge in [-0.05, 0) is 120 Å². The van der Waals surface area contributed by atoms with Gasteiger partial charge in [-0.25, -0.2) is 0 Å². The first-order chi connectivity index (χ1) is 21.2. The first-order valence-electron chi connectivity index (χ1n) is 18.0. The van der Waals surface area contributed by atoms with Crippen molar-refractivity contribution in [2.75, 3.05) is 13.2 Å². The van der Waals surface area contributed by atoms with Crippen LogP contribution in [0.15, 0.2) is 0 Å². The Morgan fingerprint density at radius 1 is 0.545 bits per heavy atom. The van der Waals surface area contributed by atoms with Crippen molar-refractivity contribution in [2.45, 2.75) is 114 Å². The number of esters is 2. The van der Waals surface area contributed by atoms with Gasteiger partial charge < -0.3 is 18.9 Å². The van der Waals surface area contributed by atoms with Crippen molar-refractivity contribution in [2.24, 2.45) is 70.0 Å². The number of hydrogen-bond donors (Lipinski definition) is 0. The number of rotatable bonds is 6. The molecule has 12 bridgehead atoms. The number of ether oxygens (including phenoxy) is 4. The van der Waals surface area contributed by atoms with Gasteiger partial charge in [0.1, 0.15) is 37.0 Å². The molecule has 0 amide bonds. The summed E-state index contributed by atoms with van der Waals surface area (Å²) in [5.74, 6) is 2.85. The van der Waals surface area contributed by atoms with E-state index in [-0.39, 0.29) is 48.8 Å². The van der Waals surface area contributed by atoms with E-state index >= 15 is 0 Å². The van der Waals surface area contributed by atoms with Crippen molar-refractivity contribution in [1.29, 1.82) is 0 Å². The summed E-state index contributed by atoms with van der Waals surface area (Å²) in [6, 6.07) is 0. The fourth-order valence-corrected chi connectivity index (χ4v) is 13.8. The fourth-order valence-electron chi connectivity index (χ4n) is 13.8. The third kappa shape index (κ3) is 3.76. The molecule has 44 heavy (non-hydrogen) atoms. The van der Waals surface area contributed by atoms with Crippen LogP contribution in [0.1, 0.15) is 96.3 Å². The molecule has 13 aliphatic rings. The van der Waals surface area contributed by atoms with Crippen LogP contribution in [-0.2, 0) is 38.1 Å². The summed E-state index contributed by atoms with van der Waals surface area (Å²) < 4.78 is 26.2. The summed E-state index contributed by atoms with van der Waals surface area (Å²) in [5, 5.41) is 0. The predicted octanol–water partition coefficient (Wildman–Crippen LogP) is 4.80. The highest BCUT2D eigenvalue weighted by Gasteiger charge is 2.65. The van der Waals surface area contributed by atoms with Crippen molar-refractivity contribution in [3.63, 3.8) is 0 Å². The molecule has 1 saturated heterocycles. The lowest BCUT2D eigenvalue weighted by molar-refractivity contribution is -0.301. The zero-order chi connectivity index (χ0) is 29.6. The third-order valence-corrected chi connectivity index (χ3v) is 15.0. The first-order valence-corrected chi connectivity index (χ1v) is 18.0. The maximum atomic E-state index is 13.8. The molecule has 0 N–H and O–H groups in total. The van der Waals surface area contributed by atoms with Crippen LogP contribution in [0.5, 0.6) is 0 Å². The molecule has 0 aromatic carbocycles. The second-order valence-corrected chi connectivity index (χ2v) is 17.6. The highest BCUT2D eigenvalue weighted by Crippen LogP contribution is 2.63. The Morgan fingerprint density at radius 3 is 1.32 bits per heavy atom. The molecular weight excluding hydrogens is 560 g/mol. The molecule has 0 aromatic rings. The number of ketones is 2. The average molecular weight is 607 g/mol. The molecule has 13 rings (SSSR count). The van der Waals surface area contributed by atoms with Crippen LogP contribution in [0.2, 0.25) is 0 Å². The standard InChI is InChI=1S/C36H46O8/c37-30-22-2-20-3-23(30)13-34(10-20,12-22)32(39)41-16-28-29(44-36(43-28)26-6-18-1-19(8-26)9-27(36)7-18)17-42-33(40)35-11-21-4-24(14-35)31(38)25(5-21)15-35/h18-29H,1-17H2. The van der Waals surface area contributed by atoms with Crippen LogP contribution in [0, 0.1) is 70.0 Å². The minimum Gasteiger partial charge on any atom is -0.462 e. The van der Waals surface area contributed by atoms with Gasteiger partial charge in [0.15, 0.2) is 5.79 Å². The molecule has 12 aliphatic carbocycles. The second kappa shape index (κ2) is 9.17. The summed E-state index contributed by atoms with van der Waals surface area (Å²) >= 11 is 0. The quantitative estimate of drug-likeness (QED) is 0.397. The second-order valence-electron chi connectivity index (χ2n) is 17.6. The van der Waals surface area contributed by atoms with E-state index in [1.807, 2.05) is 0 Å². The summed E-state index contributed by atoms with van der Waals surface area (Å²) in [6.07, 6.45) is 12.7. The van der Waals surface area contributed by atoms with Crippen molar-refractivity contribution >= 4 is 23.5 Å². The maximum Gasteiger partial charge on any atom is 0.312 e. The van der Waals surface area contributed by atoms with Crippen molar-refractivity contribution in [3.8, 4) is 0 Å². The van der Waals surface area contributed by atoms with Gasteiger partial charge in [0.2, 0.25) is 0 Å². The monoisotopic (exact) mass is 606 g/mol. The van der Waals surface area contributed by atoms with Gasteiger partial charge in [-0.3, -0.25) is 19.2 Å². The van der Waals surface area contributed by atoms with Crippen molar-refractivity contribution in [3.05, 3.63) is 0 Å². The van der Waals surface area contributed by atoms with Gasteiger partial charge in [0.05, 0.1) is 10.8 Å². The van der Waals surface area contributed by atoms with Gasteiger partial charge in [-0.15, -0.1) is 0 Å². The topological polar surface area (TPSA) is 105 Å². The van der Waals surface area contributed by atoms with Crippen LogP contribution >= 0.6 is 0 Å². The van der Waals surface area contributed by atoms with Gasteiger partial charge in [-0.1, -0.05) is 0 Å². The minimum absolute atomic E-state index is 0.0169. The predicted molar refractivity (Wildman–Crippen MR) is 153 cm³/mol. The van der Waals surface area contributed by atoms with Crippen LogP contribution in [-0.4, -0.2) is 54.7 Å². The van der Waals surface area contributed by atoms with Crippen LogP contribution in [0.3, 0.4) is 0 Å². The molecular formula is C36H46O8. The van der Waals surface area contributed by atoms with Gasteiger partial charge in [0, 0.05) is 35.5 Å². The zero-order valence-corrected chi connectivity index (χ0v) is 25.7. The molecule has 1 aliphatic heterocycles. The van der Waals surface area contributed by atoms with E-state index in [1.54, 1.807) is 0 Å². The SMILES string of the molecule is O=C1C2CC3CC1CC(C(=O)OCC1OC4(OC1COC(=O)C15CC6CC(C1)C(=O)C(C6)C5)C1CC5CC(C1)CC4C5)(C3)C2. The Morgan fingerprint density at radius 2 is 0.932 bits per heavy atom.